The highest BCUT2D eigenvalue weighted by molar-refractivity contribution is 6.58. The van der Waals surface area contributed by atoms with Gasteiger partial charge in [-0.2, -0.15) is 0 Å². The average Bonchev–Trinajstić information content (AvgIpc) is 2.35. The highest BCUT2D eigenvalue weighted by Gasteiger charge is 2.17. The second-order valence-electron chi connectivity index (χ2n) is 4.32. The Labute approximate surface area is 109 Å². The summed E-state index contributed by atoms with van der Waals surface area (Å²) in [4.78, 5) is 11.7. The fourth-order valence-corrected chi connectivity index (χ4v) is 1.90. The van der Waals surface area contributed by atoms with Crippen LogP contribution in [0.25, 0.3) is 0 Å². The van der Waals surface area contributed by atoms with E-state index in [0.717, 1.165) is 11.8 Å². The molecule has 0 amide bonds. The molecule has 2 N–H and O–H groups in total. The molecule has 19 heavy (non-hydrogen) atoms. The highest BCUT2D eigenvalue weighted by Crippen LogP contribution is 2.05. The van der Waals surface area contributed by atoms with Gasteiger partial charge in [0.2, 0.25) is 0 Å². The number of nitrogens with zero attached hydrogens (tertiary/aromatic N) is 1. The molecule has 0 radical (unpaired) electrons. The molecule has 0 bridgehead atoms. The molecule has 0 aliphatic heterocycles. The van der Waals surface area contributed by atoms with Gasteiger partial charge in [0.15, 0.2) is 0 Å². The number of pyridine rings is 1. The lowest BCUT2D eigenvalue weighted by atomic mass is 9.79. The first-order valence-corrected chi connectivity index (χ1v) is 5.80. The van der Waals surface area contributed by atoms with Crippen molar-refractivity contribution in [3.05, 3.63) is 63.8 Å². The lowest BCUT2D eigenvalue weighted by Crippen LogP contribution is -2.33. The van der Waals surface area contributed by atoms with Gasteiger partial charge < -0.3 is 14.6 Å². The molecule has 0 atom stereocenters. The summed E-state index contributed by atoms with van der Waals surface area (Å²) in [5, 5.41) is 18.1. The molecule has 4 nitrogen and oxygen atoms in total. The van der Waals surface area contributed by atoms with Crippen molar-refractivity contribution in [2.24, 2.45) is 0 Å². The first-order valence-electron chi connectivity index (χ1n) is 5.80. The third kappa shape index (κ3) is 2.92. The van der Waals surface area contributed by atoms with Crippen molar-refractivity contribution in [2.45, 2.75) is 13.5 Å². The molecule has 0 saturated heterocycles. The predicted molar refractivity (Wildman–Crippen MR) is 70.8 cm³/mol. The Balaban J connectivity index is 2.39. The van der Waals surface area contributed by atoms with Crippen molar-refractivity contribution in [3.63, 3.8) is 0 Å². The van der Waals surface area contributed by atoms with E-state index >= 15 is 0 Å². The second kappa shape index (κ2) is 5.38. The van der Waals surface area contributed by atoms with Crippen LogP contribution in [-0.2, 0) is 6.54 Å². The molecule has 2 aromatic rings. The Morgan fingerprint density at radius 1 is 1.26 bits per heavy atom. The zero-order valence-corrected chi connectivity index (χ0v) is 10.4. The Hall–Kier alpha value is -1.92. The van der Waals surface area contributed by atoms with Gasteiger partial charge in [0, 0.05) is 17.2 Å². The van der Waals surface area contributed by atoms with Crippen molar-refractivity contribution in [1.82, 2.24) is 4.57 Å². The van der Waals surface area contributed by atoms with E-state index in [4.69, 9.17) is 10.0 Å². The molecule has 6 heteroatoms. The SMILES string of the molecule is Cc1cccc(=O)n1Cc1ccc(F)c(B(O)O)c1. The first-order chi connectivity index (χ1) is 8.99. The fraction of sp³-hybridized carbons (Fsp3) is 0.154. The summed E-state index contributed by atoms with van der Waals surface area (Å²) in [5.74, 6) is -0.684. The van der Waals surface area contributed by atoms with Gasteiger partial charge >= 0.3 is 7.12 Å². The van der Waals surface area contributed by atoms with Gasteiger partial charge in [0.1, 0.15) is 5.82 Å². The highest BCUT2D eigenvalue weighted by atomic mass is 19.1. The Bertz CT molecular complexity index is 655. The normalized spacial score (nSPS) is 10.5. The molecule has 0 fully saturated rings. The third-order valence-electron chi connectivity index (χ3n) is 2.95. The zero-order chi connectivity index (χ0) is 14.0. The number of rotatable bonds is 3. The van der Waals surface area contributed by atoms with E-state index in [1.165, 1.54) is 22.8 Å². The van der Waals surface area contributed by atoms with Crippen LogP contribution in [0.3, 0.4) is 0 Å². The summed E-state index contributed by atoms with van der Waals surface area (Å²) < 4.78 is 14.9. The van der Waals surface area contributed by atoms with E-state index < -0.39 is 12.9 Å². The largest absolute Gasteiger partial charge is 0.491 e. The van der Waals surface area contributed by atoms with E-state index in [9.17, 15) is 9.18 Å². The number of hydrogen-bond donors (Lipinski definition) is 2. The topological polar surface area (TPSA) is 62.5 Å². The lowest BCUT2D eigenvalue weighted by molar-refractivity contribution is 0.423. The minimum Gasteiger partial charge on any atom is -0.423 e. The average molecular weight is 261 g/mol. The molecule has 0 unspecified atom stereocenters. The Morgan fingerprint density at radius 3 is 2.63 bits per heavy atom. The van der Waals surface area contributed by atoms with Crippen LogP contribution in [0.4, 0.5) is 4.39 Å². The quantitative estimate of drug-likeness (QED) is 0.766. The van der Waals surface area contributed by atoms with Crippen LogP contribution in [0.5, 0.6) is 0 Å². The van der Waals surface area contributed by atoms with Crippen molar-refractivity contribution in [1.29, 1.82) is 0 Å². The second-order valence-corrected chi connectivity index (χ2v) is 4.32. The Morgan fingerprint density at radius 2 is 2.00 bits per heavy atom. The van der Waals surface area contributed by atoms with Crippen LogP contribution in [0, 0.1) is 12.7 Å². The predicted octanol–water partition coefficient (Wildman–Crippen LogP) is 0.0239. The van der Waals surface area contributed by atoms with Crippen LogP contribution in [0.2, 0.25) is 0 Å². The molecular weight excluding hydrogens is 248 g/mol. The molecule has 1 heterocycles. The van der Waals surface area contributed by atoms with Gasteiger partial charge in [-0.1, -0.05) is 18.2 Å². The molecule has 1 aromatic heterocycles. The van der Waals surface area contributed by atoms with E-state index in [2.05, 4.69) is 0 Å². The molecule has 2 rings (SSSR count). The maximum atomic E-state index is 13.3. The molecule has 98 valence electrons. The number of aryl methyl sites for hydroxylation is 1. The van der Waals surface area contributed by atoms with Gasteiger partial charge in [-0.05, 0) is 24.6 Å². The minimum atomic E-state index is -1.87. The first kappa shape index (κ1) is 13.5. The summed E-state index contributed by atoms with van der Waals surface area (Å²) in [6.45, 7) is 2.05. The van der Waals surface area contributed by atoms with E-state index in [1.54, 1.807) is 19.1 Å². The van der Waals surface area contributed by atoms with Crippen molar-refractivity contribution in [2.75, 3.05) is 0 Å². The fourth-order valence-electron chi connectivity index (χ4n) is 1.90. The van der Waals surface area contributed by atoms with Gasteiger partial charge in [-0.3, -0.25) is 4.79 Å². The third-order valence-corrected chi connectivity index (χ3v) is 2.95. The minimum absolute atomic E-state index is 0.157. The van der Waals surface area contributed by atoms with Crippen LogP contribution in [0.15, 0.2) is 41.2 Å². The van der Waals surface area contributed by atoms with Gasteiger partial charge in [0.25, 0.3) is 5.56 Å². The van der Waals surface area contributed by atoms with Crippen LogP contribution < -0.4 is 11.0 Å². The summed E-state index contributed by atoms with van der Waals surface area (Å²) in [6.07, 6.45) is 0. The van der Waals surface area contributed by atoms with Crippen LogP contribution in [-0.4, -0.2) is 21.7 Å². The van der Waals surface area contributed by atoms with Crippen LogP contribution >= 0.6 is 0 Å². The zero-order valence-electron chi connectivity index (χ0n) is 10.4. The monoisotopic (exact) mass is 261 g/mol. The number of hydrogen-bond acceptors (Lipinski definition) is 3. The molecule has 0 aliphatic carbocycles. The summed E-state index contributed by atoms with van der Waals surface area (Å²) >= 11 is 0. The van der Waals surface area contributed by atoms with Crippen molar-refractivity contribution >= 4 is 12.6 Å². The summed E-state index contributed by atoms with van der Waals surface area (Å²) in [7, 11) is -1.87. The van der Waals surface area contributed by atoms with E-state index in [-0.39, 0.29) is 17.6 Å². The maximum Gasteiger partial charge on any atom is 0.491 e. The standard InChI is InChI=1S/C13H13BFNO3/c1-9-3-2-4-13(17)16(9)8-10-5-6-12(15)11(7-10)14(18)19/h2-7,18-19H,8H2,1H3. The summed E-state index contributed by atoms with van der Waals surface area (Å²) in [5.41, 5.74) is 1.05. The maximum absolute atomic E-state index is 13.3. The molecule has 0 spiro atoms. The number of benzene rings is 1. The number of aromatic nitrogens is 1. The van der Waals surface area contributed by atoms with E-state index in [0.29, 0.717) is 5.56 Å². The van der Waals surface area contributed by atoms with E-state index in [1.807, 2.05) is 0 Å². The summed E-state index contributed by atoms with van der Waals surface area (Å²) in [6, 6.07) is 8.93. The smallest absolute Gasteiger partial charge is 0.423 e. The Kier molecular flexibility index (Phi) is 3.83. The van der Waals surface area contributed by atoms with Gasteiger partial charge in [-0.25, -0.2) is 4.39 Å². The molecule has 1 aromatic carbocycles. The molecular formula is C13H13BFNO3. The van der Waals surface area contributed by atoms with Crippen LogP contribution in [0.1, 0.15) is 11.3 Å². The van der Waals surface area contributed by atoms with Crippen molar-refractivity contribution < 1.29 is 14.4 Å². The van der Waals surface area contributed by atoms with Gasteiger partial charge in [0.05, 0.1) is 6.54 Å². The number of halogens is 1. The lowest BCUT2D eigenvalue weighted by Gasteiger charge is -2.11. The van der Waals surface area contributed by atoms with Gasteiger partial charge in [-0.15, -0.1) is 0 Å². The molecule has 0 saturated carbocycles. The van der Waals surface area contributed by atoms with Crippen molar-refractivity contribution in [3.8, 4) is 0 Å². The molecule has 0 aliphatic rings.